The first-order valence-corrected chi connectivity index (χ1v) is 9.63. The van der Waals surface area contributed by atoms with Gasteiger partial charge in [-0.25, -0.2) is 0 Å². The number of carbonyl (C=O) groups excluding carboxylic acids is 1. The van der Waals surface area contributed by atoms with Crippen molar-refractivity contribution in [2.75, 3.05) is 36.9 Å². The van der Waals surface area contributed by atoms with E-state index in [1.807, 2.05) is 13.2 Å². The normalized spacial score (nSPS) is 19.1. The molecule has 0 bridgehead atoms. The van der Waals surface area contributed by atoms with Crippen molar-refractivity contribution in [1.29, 1.82) is 0 Å². The molecule has 0 amide bonds. The average molecular weight is 328 g/mol. The Labute approximate surface area is 135 Å². The van der Waals surface area contributed by atoms with E-state index in [1.165, 1.54) is 30.7 Å². The number of nitrogens with one attached hydrogen (secondary N) is 1. The Hall–Kier alpha value is -0.720. The van der Waals surface area contributed by atoms with Gasteiger partial charge >= 0.3 is 0 Å². The van der Waals surface area contributed by atoms with Gasteiger partial charge in [0.15, 0.2) is 5.78 Å². The summed E-state index contributed by atoms with van der Waals surface area (Å²) in [4.78, 5) is 16.2. The maximum atomic E-state index is 12.0. The summed E-state index contributed by atoms with van der Waals surface area (Å²) in [5.41, 5.74) is 6.80. The summed E-state index contributed by atoms with van der Waals surface area (Å²) in [6, 6.07) is 0.596. The molecule has 2 heterocycles. The zero-order valence-corrected chi connectivity index (χ0v) is 14.7. The molecule has 3 N–H and O–H groups in total. The largest absolute Gasteiger partial charge is 0.396 e. The number of nitrogens with zero attached hydrogens (tertiary/aromatic N) is 1. The van der Waals surface area contributed by atoms with Crippen molar-refractivity contribution in [2.24, 2.45) is 0 Å². The highest BCUT2D eigenvalue weighted by atomic mass is 32.2. The molecule has 0 spiro atoms. The van der Waals surface area contributed by atoms with Crippen LogP contribution in [-0.4, -0.2) is 42.6 Å². The molecule has 1 aromatic rings. The summed E-state index contributed by atoms with van der Waals surface area (Å²) in [5, 5.41) is 4.59. The van der Waals surface area contributed by atoms with Crippen molar-refractivity contribution in [2.45, 2.75) is 44.0 Å². The van der Waals surface area contributed by atoms with Crippen LogP contribution in [0.3, 0.4) is 0 Å². The summed E-state index contributed by atoms with van der Waals surface area (Å²) in [6.07, 6.45) is 5.04. The van der Waals surface area contributed by atoms with Crippen molar-refractivity contribution in [3.05, 3.63) is 4.88 Å². The lowest BCUT2D eigenvalue weighted by molar-refractivity contribution is 0.0992. The monoisotopic (exact) mass is 327 g/mol. The first kappa shape index (κ1) is 16.6. The molecule has 0 radical (unpaired) electrons. The molecule has 1 aromatic heterocycles. The topological polar surface area (TPSA) is 58.4 Å². The van der Waals surface area contributed by atoms with Crippen LogP contribution in [-0.2, 0) is 0 Å². The quantitative estimate of drug-likeness (QED) is 0.592. The Bertz CT molecular complexity index is 501. The fraction of sp³-hybridized carbons (Fsp3) is 0.667. The number of likely N-dealkylation sites (tertiary alicyclic amines) is 1. The summed E-state index contributed by atoms with van der Waals surface area (Å²) in [5.74, 6) is 0.136. The van der Waals surface area contributed by atoms with Crippen LogP contribution in [0.1, 0.15) is 42.8 Å². The first-order valence-electron chi connectivity index (χ1n) is 7.59. The number of ketones is 1. The van der Waals surface area contributed by atoms with Crippen molar-refractivity contribution in [3.8, 4) is 0 Å². The van der Waals surface area contributed by atoms with Gasteiger partial charge in [-0.2, -0.15) is 0 Å². The molecular weight excluding hydrogens is 302 g/mol. The number of anilines is 2. The SMILES string of the molecule is CCC(=O)c1sc(NCC2CCCN2CC)c(SC)c1N. The number of Topliss-reactive ketones (excluding diaryl/α,β-unsaturated/α-hetero) is 1. The number of thioether (sulfide) groups is 1. The third-order valence-corrected chi connectivity index (χ3v) is 6.25. The Morgan fingerprint density at radius 3 is 2.90 bits per heavy atom. The van der Waals surface area contributed by atoms with Crippen molar-refractivity contribution < 1.29 is 4.79 Å². The van der Waals surface area contributed by atoms with Crippen LogP contribution in [0.2, 0.25) is 0 Å². The molecule has 1 saturated heterocycles. The highest BCUT2D eigenvalue weighted by molar-refractivity contribution is 7.99. The van der Waals surface area contributed by atoms with Crippen LogP contribution in [0.5, 0.6) is 0 Å². The molecule has 4 nitrogen and oxygen atoms in total. The van der Waals surface area contributed by atoms with Crippen LogP contribution in [0, 0.1) is 0 Å². The van der Waals surface area contributed by atoms with Crippen LogP contribution >= 0.6 is 23.1 Å². The third-order valence-electron chi connectivity index (χ3n) is 4.08. The summed E-state index contributed by atoms with van der Waals surface area (Å²) < 4.78 is 0. The van der Waals surface area contributed by atoms with Gasteiger partial charge in [0.25, 0.3) is 0 Å². The van der Waals surface area contributed by atoms with Gasteiger partial charge in [0.05, 0.1) is 15.5 Å². The lowest BCUT2D eigenvalue weighted by atomic mass is 10.2. The van der Waals surface area contributed by atoms with E-state index >= 15 is 0 Å². The lowest BCUT2D eigenvalue weighted by Crippen LogP contribution is -2.34. The van der Waals surface area contributed by atoms with E-state index in [-0.39, 0.29) is 5.78 Å². The minimum absolute atomic E-state index is 0.136. The maximum absolute atomic E-state index is 12.0. The van der Waals surface area contributed by atoms with E-state index < -0.39 is 0 Å². The van der Waals surface area contributed by atoms with E-state index in [0.717, 1.165) is 23.0 Å². The highest BCUT2D eigenvalue weighted by Gasteiger charge is 2.24. The highest BCUT2D eigenvalue weighted by Crippen LogP contribution is 2.42. The van der Waals surface area contributed by atoms with E-state index in [1.54, 1.807) is 11.8 Å². The second-order valence-electron chi connectivity index (χ2n) is 5.29. The molecule has 1 unspecified atom stereocenters. The number of thiophene rings is 1. The molecule has 0 aliphatic carbocycles. The molecular formula is C15H25N3OS2. The standard InChI is InChI=1S/C15H25N3OS2/c1-4-11(19)13-12(16)14(20-3)15(21-13)17-9-10-7-6-8-18(10)5-2/h10,17H,4-9,16H2,1-3H3. The van der Waals surface area contributed by atoms with Crippen molar-refractivity contribution in [3.63, 3.8) is 0 Å². The zero-order chi connectivity index (χ0) is 15.4. The second kappa shape index (κ2) is 7.51. The van der Waals surface area contributed by atoms with E-state index in [4.69, 9.17) is 5.73 Å². The molecule has 118 valence electrons. The van der Waals surface area contributed by atoms with Gasteiger partial charge in [-0.1, -0.05) is 13.8 Å². The van der Waals surface area contributed by atoms with Crippen LogP contribution < -0.4 is 11.1 Å². The number of hydrogen-bond donors (Lipinski definition) is 2. The average Bonchev–Trinajstić information content (AvgIpc) is 3.07. The number of nitrogens with two attached hydrogens (primary N) is 1. The predicted molar refractivity (Wildman–Crippen MR) is 93.9 cm³/mol. The van der Waals surface area contributed by atoms with Crippen LogP contribution in [0.25, 0.3) is 0 Å². The molecule has 6 heteroatoms. The lowest BCUT2D eigenvalue weighted by Gasteiger charge is -2.23. The van der Waals surface area contributed by atoms with Gasteiger partial charge in [0, 0.05) is 19.0 Å². The molecule has 1 atom stereocenters. The number of nitrogen functional groups attached to an aromatic ring is 1. The number of hydrogen-bond acceptors (Lipinski definition) is 6. The van der Waals surface area contributed by atoms with E-state index in [9.17, 15) is 4.79 Å². The maximum Gasteiger partial charge on any atom is 0.174 e. The van der Waals surface area contributed by atoms with Crippen LogP contribution in [0.4, 0.5) is 10.7 Å². The Kier molecular flexibility index (Phi) is 5.96. The van der Waals surface area contributed by atoms with Crippen LogP contribution in [0.15, 0.2) is 4.90 Å². The fourth-order valence-electron chi connectivity index (χ4n) is 2.87. The summed E-state index contributed by atoms with van der Waals surface area (Å²) in [7, 11) is 0. The Morgan fingerprint density at radius 2 is 2.29 bits per heavy atom. The van der Waals surface area contributed by atoms with Gasteiger partial charge < -0.3 is 11.1 Å². The third kappa shape index (κ3) is 3.55. The molecule has 1 aliphatic rings. The number of carbonyl (C=O) groups is 1. The van der Waals surface area contributed by atoms with Gasteiger partial charge in [-0.15, -0.1) is 23.1 Å². The van der Waals surface area contributed by atoms with Gasteiger partial charge in [-0.3, -0.25) is 9.69 Å². The Morgan fingerprint density at radius 1 is 1.52 bits per heavy atom. The fourth-order valence-corrected chi connectivity index (χ4v) is 4.92. The number of rotatable bonds is 7. The predicted octanol–water partition coefficient (Wildman–Crippen LogP) is 3.54. The van der Waals surface area contributed by atoms with E-state index in [0.29, 0.717) is 23.0 Å². The molecule has 1 aliphatic heterocycles. The first-order chi connectivity index (χ1) is 10.1. The molecule has 21 heavy (non-hydrogen) atoms. The van der Waals surface area contributed by atoms with Crippen molar-refractivity contribution in [1.82, 2.24) is 4.90 Å². The summed E-state index contributed by atoms with van der Waals surface area (Å²) in [6.45, 7) is 7.33. The van der Waals surface area contributed by atoms with Gasteiger partial charge in [0.2, 0.25) is 0 Å². The van der Waals surface area contributed by atoms with Crippen molar-refractivity contribution >= 4 is 39.6 Å². The minimum Gasteiger partial charge on any atom is -0.396 e. The van der Waals surface area contributed by atoms with E-state index in [2.05, 4.69) is 17.1 Å². The Balaban J connectivity index is 2.10. The van der Waals surface area contributed by atoms with Gasteiger partial charge in [-0.05, 0) is 32.2 Å². The second-order valence-corrected chi connectivity index (χ2v) is 7.13. The molecule has 1 fully saturated rings. The number of likely N-dealkylation sites (N-methyl/N-ethyl adjacent to an activating group) is 1. The molecule has 2 rings (SSSR count). The zero-order valence-electron chi connectivity index (χ0n) is 13.1. The summed E-state index contributed by atoms with van der Waals surface area (Å²) >= 11 is 3.13. The smallest absolute Gasteiger partial charge is 0.174 e. The van der Waals surface area contributed by atoms with Gasteiger partial charge in [0.1, 0.15) is 5.00 Å². The molecule has 0 saturated carbocycles. The minimum atomic E-state index is 0.136. The molecule has 0 aromatic carbocycles.